The second-order valence-corrected chi connectivity index (χ2v) is 9.12. The summed E-state index contributed by atoms with van der Waals surface area (Å²) in [5.41, 5.74) is 2.02. The molecule has 0 bridgehead atoms. The van der Waals surface area contributed by atoms with Gasteiger partial charge >= 0.3 is 6.09 Å². The molecule has 0 aliphatic rings. The molecule has 3 rings (SSSR count). The standard InChI is InChI=1S/C28H29Cl2N3O4/c29-22-14-9-15-23(30)25(22)27(35)31-17-8-7-16-24(26(34)32-18-20-10-3-1-4-11-20)33-28(36)37-19-21-12-5-2-6-13-21/h1-6,9-15,24H,7-8,16-19H2,(H,31,35)(H,32,34)(H,33,36). The van der Waals surface area contributed by atoms with Crippen LogP contribution in [0.4, 0.5) is 4.79 Å². The van der Waals surface area contributed by atoms with Gasteiger partial charge in [-0.3, -0.25) is 9.59 Å². The average molecular weight is 542 g/mol. The van der Waals surface area contributed by atoms with Gasteiger partial charge < -0.3 is 20.7 Å². The van der Waals surface area contributed by atoms with Crippen molar-refractivity contribution in [1.29, 1.82) is 0 Å². The van der Waals surface area contributed by atoms with Crippen molar-refractivity contribution in [2.75, 3.05) is 6.54 Å². The molecule has 0 aliphatic carbocycles. The van der Waals surface area contributed by atoms with Crippen LogP contribution in [-0.4, -0.2) is 30.5 Å². The van der Waals surface area contributed by atoms with Gasteiger partial charge in [0.05, 0.1) is 15.6 Å². The van der Waals surface area contributed by atoms with E-state index in [1.54, 1.807) is 18.2 Å². The molecule has 0 saturated carbocycles. The first-order valence-corrected chi connectivity index (χ1v) is 12.7. The number of carbonyl (C=O) groups is 3. The van der Waals surface area contributed by atoms with E-state index >= 15 is 0 Å². The lowest BCUT2D eigenvalue weighted by molar-refractivity contribution is -0.123. The molecule has 3 N–H and O–H groups in total. The summed E-state index contributed by atoms with van der Waals surface area (Å²) in [6.07, 6.45) is 0.838. The fourth-order valence-electron chi connectivity index (χ4n) is 3.56. The normalized spacial score (nSPS) is 11.3. The molecule has 3 aromatic rings. The van der Waals surface area contributed by atoms with Crippen LogP contribution in [0.5, 0.6) is 0 Å². The summed E-state index contributed by atoms with van der Waals surface area (Å²) in [5, 5.41) is 8.87. The number of alkyl carbamates (subject to hydrolysis) is 1. The minimum absolute atomic E-state index is 0.0989. The maximum absolute atomic E-state index is 12.9. The number of amides is 3. The maximum Gasteiger partial charge on any atom is 0.408 e. The number of rotatable bonds is 12. The van der Waals surface area contributed by atoms with E-state index in [-0.39, 0.29) is 34.0 Å². The molecule has 0 radical (unpaired) electrons. The van der Waals surface area contributed by atoms with Crippen LogP contribution in [0.2, 0.25) is 10.0 Å². The van der Waals surface area contributed by atoms with Crippen molar-refractivity contribution in [2.45, 2.75) is 38.5 Å². The molecule has 0 saturated heterocycles. The van der Waals surface area contributed by atoms with Crippen LogP contribution in [0.1, 0.15) is 40.7 Å². The number of carbonyl (C=O) groups excluding carboxylic acids is 3. The van der Waals surface area contributed by atoms with Crippen molar-refractivity contribution in [3.8, 4) is 0 Å². The predicted octanol–water partition coefficient (Wildman–Crippen LogP) is 5.50. The summed E-state index contributed by atoms with van der Waals surface area (Å²) < 4.78 is 5.29. The number of halogens is 2. The third-order valence-corrected chi connectivity index (χ3v) is 6.16. The molecule has 7 nitrogen and oxygen atoms in total. The van der Waals surface area contributed by atoms with Crippen molar-refractivity contribution in [3.63, 3.8) is 0 Å². The molecule has 0 aromatic heterocycles. The van der Waals surface area contributed by atoms with E-state index in [1.165, 1.54) is 0 Å². The van der Waals surface area contributed by atoms with Crippen LogP contribution in [0.25, 0.3) is 0 Å². The van der Waals surface area contributed by atoms with Crippen LogP contribution in [0.15, 0.2) is 78.9 Å². The van der Waals surface area contributed by atoms with E-state index in [9.17, 15) is 14.4 Å². The molecule has 9 heteroatoms. The fraction of sp³-hybridized carbons (Fsp3) is 0.250. The molecular formula is C28H29Cl2N3O4. The first-order valence-electron chi connectivity index (χ1n) is 11.9. The van der Waals surface area contributed by atoms with Crippen LogP contribution in [0, 0.1) is 0 Å². The monoisotopic (exact) mass is 541 g/mol. The van der Waals surface area contributed by atoms with Gasteiger partial charge in [0.1, 0.15) is 12.6 Å². The number of unbranched alkanes of at least 4 members (excludes halogenated alkanes) is 1. The van der Waals surface area contributed by atoms with Crippen molar-refractivity contribution < 1.29 is 19.1 Å². The summed E-state index contributed by atoms with van der Waals surface area (Å²) in [5.74, 6) is -0.678. The summed E-state index contributed by atoms with van der Waals surface area (Å²) in [7, 11) is 0. The van der Waals surface area contributed by atoms with Gasteiger partial charge in [-0.15, -0.1) is 0 Å². The minimum atomic E-state index is -0.791. The van der Waals surface area contributed by atoms with E-state index in [2.05, 4.69) is 16.0 Å². The highest BCUT2D eigenvalue weighted by molar-refractivity contribution is 6.39. The Labute approximate surface area is 226 Å². The van der Waals surface area contributed by atoms with Crippen LogP contribution in [0.3, 0.4) is 0 Å². The third kappa shape index (κ3) is 9.44. The summed E-state index contributed by atoms with van der Waals surface area (Å²) in [6.45, 7) is 0.796. The van der Waals surface area contributed by atoms with Gasteiger partial charge in [0.25, 0.3) is 5.91 Å². The number of nitrogens with one attached hydrogen (secondary N) is 3. The molecule has 0 heterocycles. The molecule has 1 atom stereocenters. The molecule has 0 aliphatic heterocycles. The van der Waals surface area contributed by atoms with Crippen molar-refractivity contribution in [2.24, 2.45) is 0 Å². The Balaban J connectivity index is 1.50. The second kappa shape index (κ2) is 14.9. The minimum Gasteiger partial charge on any atom is -0.445 e. The maximum atomic E-state index is 12.9. The van der Waals surface area contributed by atoms with Gasteiger partial charge in [-0.05, 0) is 42.5 Å². The average Bonchev–Trinajstić information content (AvgIpc) is 2.90. The predicted molar refractivity (Wildman–Crippen MR) is 144 cm³/mol. The first kappa shape index (κ1) is 28.0. The Bertz CT molecular complexity index is 1160. The molecule has 3 amide bonds. The zero-order valence-corrected chi connectivity index (χ0v) is 21.7. The zero-order chi connectivity index (χ0) is 26.5. The van der Waals surface area contributed by atoms with Crippen molar-refractivity contribution in [1.82, 2.24) is 16.0 Å². The van der Waals surface area contributed by atoms with Gasteiger partial charge in [0, 0.05) is 13.1 Å². The van der Waals surface area contributed by atoms with Crippen molar-refractivity contribution >= 4 is 41.1 Å². The molecule has 0 fully saturated rings. The first-order chi connectivity index (χ1) is 17.9. The van der Waals surface area contributed by atoms with Gasteiger partial charge in [-0.25, -0.2) is 4.79 Å². The highest BCUT2D eigenvalue weighted by Gasteiger charge is 2.21. The highest BCUT2D eigenvalue weighted by atomic mass is 35.5. The smallest absolute Gasteiger partial charge is 0.408 e. The Hall–Kier alpha value is -3.55. The molecule has 3 aromatic carbocycles. The topological polar surface area (TPSA) is 96.5 Å². The Morgan fingerprint density at radius 2 is 1.38 bits per heavy atom. The van der Waals surface area contributed by atoms with E-state index in [0.29, 0.717) is 32.4 Å². The van der Waals surface area contributed by atoms with Gasteiger partial charge in [-0.1, -0.05) is 89.9 Å². The molecule has 37 heavy (non-hydrogen) atoms. The molecule has 0 spiro atoms. The van der Waals surface area contributed by atoms with Crippen LogP contribution >= 0.6 is 23.2 Å². The third-order valence-electron chi connectivity index (χ3n) is 5.53. The Kier molecular flexibility index (Phi) is 11.3. The highest BCUT2D eigenvalue weighted by Crippen LogP contribution is 2.23. The number of hydrogen-bond donors (Lipinski definition) is 3. The summed E-state index contributed by atoms with van der Waals surface area (Å²) in [6, 6.07) is 22.9. The van der Waals surface area contributed by atoms with Gasteiger partial charge in [0.15, 0.2) is 0 Å². The zero-order valence-electron chi connectivity index (χ0n) is 20.2. The largest absolute Gasteiger partial charge is 0.445 e. The lowest BCUT2D eigenvalue weighted by Crippen LogP contribution is -2.46. The Morgan fingerprint density at radius 3 is 2.03 bits per heavy atom. The lowest BCUT2D eigenvalue weighted by Gasteiger charge is -2.18. The quantitative estimate of drug-likeness (QED) is 0.263. The van der Waals surface area contributed by atoms with E-state index in [1.807, 2.05) is 60.7 Å². The van der Waals surface area contributed by atoms with Crippen LogP contribution in [-0.2, 0) is 22.7 Å². The lowest BCUT2D eigenvalue weighted by atomic mass is 10.1. The summed E-state index contributed by atoms with van der Waals surface area (Å²) in [4.78, 5) is 37.7. The van der Waals surface area contributed by atoms with E-state index in [0.717, 1.165) is 11.1 Å². The van der Waals surface area contributed by atoms with E-state index in [4.69, 9.17) is 27.9 Å². The number of benzene rings is 3. The number of hydrogen-bond acceptors (Lipinski definition) is 4. The Morgan fingerprint density at radius 1 is 0.757 bits per heavy atom. The van der Waals surface area contributed by atoms with E-state index < -0.39 is 12.1 Å². The van der Waals surface area contributed by atoms with Crippen molar-refractivity contribution in [3.05, 3.63) is 106 Å². The SMILES string of the molecule is O=C(NC(CCCCNC(=O)c1c(Cl)cccc1Cl)C(=O)NCc1ccccc1)OCc1ccccc1. The van der Waals surface area contributed by atoms with Crippen LogP contribution < -0.4 is 16.0 Å². The molecular weight excluding hydrogens is 513 g/mol. The fourth-order valence-corrected chi connectivity index (χ4v) is 4.13. The second-order valence-electron chi connectivity index (χ2n) is 8.31. The summed E-state index contributed by atoms with van der Waals surface area (Å²) >= 11 is 12.2. The molecule has 194 valence electrons. The van der Waals surface area contributed by atoms with Gasteiger partial charge in [0.2, 0.25) is 5.91 Å². The molecule has 1 unspecified atom stereocenters. The number of ether oxygens (including phenoxy) is 1. The van der Waals surface area contributed by atoms with Gasteiger partial charge in [-0.2, -0.15) is 0 Å².